The molecule has 0 fully saturated rings. The summed E-state index contributed by atoms with van der Waals surface area (Å²) in [5.74, 6) is 1.16. The van der Waals surface area contributed by atoms with Crippen molar-refractivity contribution in [1.29, 1.82) is 0 Å². The van der Waals surface area contributed by atoms with Gasteiger partial charge in [0, 0.05) is 6.54 Å². The third-order valence-electron chi connectivity index (χ3n) is 3.27. The number of anilines is 1. The predicted octanol–water partition coefficient (Wildman–Crippen LogP) is 3.93. The first-order valence-corrected chi connectivity index (χ1v) is 7.33. The van der Waals surface area contributed by atoms with Gasteiger partial charge in [0.1, 0.15) is 29.7 Å². The van der Waals surface area contributed by atoms with E-state index in [9.17, 15) is 14.5 Å². The first-order chi connectivity index (χ1) is 12.1. The average molecular weight is 340 g/mol. The summed E-state index contributed by atoms with van der Waals surface area (Å²) in [4.78, 5) is 17.7. The van der Waals surface area contributed by atoms with Crippen LogP contribution < -0.4 is 10.1 Å². The fraction of sp³-hybridized carbons (Fsp3) is 0.0588. The van der Waals surface area contributed by atoms with Crippen LogP contribution in [0.1, 0.15) is 5.56 Å². The van der Waals surface area contributed by atoms with Gasteiger partial charge >= 0.3 is 5.69 Å². The van der Waals surface area contributed by atoms with Crippen LogP contribution in [0.4, 0.5) is 16.0 Å². The second kappa shape index (κ2) is 7.35. The van der Waals surface area contributed by atoms with Crippen LogP contribution in [0.3, 0.4) is 0 Å². The van der Waals surface area contributed by atoms with Gasteiger partial charge in [0.15, 0.2) is 0 Å². The normalized spacial score (nSPS) is 10.3. The number of nitrogens with zero attached hydrogens (tertiary/aromatic N) is 3. The van der Waals surface area contributed by atoms with Crippen molar-refractivity contribution in [2.45, 2.75) is 6.54 Å². The molecule has 126 valence electrons. The Labute approximate surface area is 142 Å². The molecule has 1 heterocycles. The lowest BCUT2D eigenvalue weighted by molar-refractivity contribution is -0.385. The van der Waals surface area contributed by atoms with Crippen LogP contribution in [0.25, 0.3) is 0 Å². The molecule has 0 radical (unpaired) electrons. The van der Waals surface area contributed by atoms with Gasteiger partial charge in [-0.05, 0) is 42.0 Å². The molecule has 0 aliphatic heterocycles. The van der Waals surface area contributed by atoms with E-state index in [1.165, 1.54) is 12.1 Å². The monoisotopic (exact) mass is 340 g/mol. The quantitative estimate of drug-likeness (QED) is 0.540. The van der Waals surface area contributed by atoms with E-state index in [-0.39, 0.29) is 11.5 Å². The molecule has 0 aliphatic carbocycles. The Morgan fingerprint density at radius 3 is 2.12 bits per heavy atom. The summed E-state index contributed by atoms with van der Waals surface area (Å²) < 4.78 is 18.5. The first-order valence-electron chi connectivity index (χ1n) is 7.33. The van der Waals surface area contributed by atoms with Crippen molar-refractivity contribution in [2.75, 3.05) is 5.32 Å². The van der Waals surface area contributed by atoms with Crippen molar-refractivity contribution in [3.05, 3.63) is 82.4 Å². The number of benzene rings is 2. The summed E-state index contributed by atoms with van der Waals surface area (Å²) in [6.07, 6.45) is 2.30. The molecule has 1 N–H and O–H groups in total. The van der Waals surface area contributed by atoms with E-state index in [4.69, 9.17) is 4.74 Å². The Morgan fingerprint density at radius 1 is 1.00 bits per heavy atom. The van der Waals surface area contributed by atoms with E-state index in [1.54, 1.807) is 24.3 Å². The van der Waals surface area contributed by atoms with E-state index in [0.717, 1.165) is 18.0 Å². The molecule has 0 amide bonds. The minimum Gasteiger partial charge on any atom is -0.457 e. The summed E-state index contributed by atoms with van der Waals surface area (Å²) in [5.41, 5.74) is 0.793. The molecule has 0 spiro atoms. The average Bonchev–Trinajstić information content (AvgIpc) is 2.63. The summed E-state index contributed by atoms with van der Waals surface area (Å²) in [5, 5.41) is 13.5. The zero-order valence-corrected chi connectivity index (χ0v) is 12.9. The Hall–Kier alpha value is -3.55. The smallest absolute Gasteiger partial charge is 0.305 e. The van der Waals surface area contributed by atoms with Crippen LogP contribution >= 0.6 is 0 Å². The van der Waals surface area contributed by atoms with Gasteiger partial charge in [0.2, 0.25) is 5.95 Å². The zero-order chi connectivity index (χ0) is 17.6. The van der Waals surface area contributed by atoms with E-state index in [1.807, 2.05) is 12.1 Å². The summed E-state index contributed by atoms with van der Waals surface area (Å²) in [6.45, 7) is 0.453. The molecule has 0 bridgehead atoms. The van der Waals surface area contributed by atoms with Crippen LogP contribution in [-0.4, -0.2) is 14.9 Å². The number of halogens is 1. The molecule has 0 unspecified atom stereocenters. The van der Waals surface area contributed by atoms with Crippen molar-refractivity contribution < 1.29 is 14.1 Å². The molecule has 3 aromatic rings. The maximum atomic E-state index is 12.9. The SMILES string of the molecule is O=[N+]([O-])c1cnc(NCc2ccc(Oc3ccc(F)cc3)cc2)nc1. The van der Waals surface area contributed by atoms with Crippen LogP contribution in [-0.2, 0) is 6.54 Å². The fourth-order valence-electron chi connectivity index (χ4n) is 2.00. The molecule has 25 heavy (non-hydrogen) atoms. The number of nitrogens with one attached hydrogen (secondary N) is 1. The van der Waals surface area contributed by atoms with Gasteiger partial charge in [-0.15, -0.1) is 0 Å². The van der Waals surface area contributed by atoms with Crippen LogP contribution in [0.15, 0.2) is 60.9 Å². The number of ether oxygens (including phenoxy) is 1. The second-order valence-electron chi connectivity index (χ2n) is 5.08. The number of hydrogen-bond donors (Lipinski definition) is 1. The molecule has 0 aliphatic rings. The number of rotatable bonds is 6. The van der Waals surface area contributed by atoms with Crippen molar-refractivity contribution in [2.24, 2.45) is 0 Å². The highest BCUT2D eigenvalue weighted by Crippen LogP contribution is 2.22. The Bertz CT molecular complexity index is 853. The van der Waals surface area contributed by atoms with Crippen molar-refractivity contribution in [3.8, 4) is 11.5 Å². The molecular weight excluding hydrogens is 327 g/mol. The lowest BCUT2D eigenvalue weighted by Gasteiger charge is -2.08. The van der Waals surface area contributed by atoms with Gasteiger partial charge in [0.25, 0.3) is 0 Å². The second-order valence-corrected chi connectivity index (χ2v) is 5.08. The zero-order valence-electron chi connectivity index (χ0n) is 12.9. The number of nitro groups is 1. The van der Waals surface area contributed by atoms with Crippen molar-refractivity contribution >= 4 is 11.6 Å². The number of hydrogen-bond acceptors (Lipinski definition) is 6. The molecule has 1 aromatic heterocycles. The largest absolute Gasteiger partial charge is 0.457 e. The summed E-state index contributed by atoms with van der Waals surface area (Å²) in [6, 6.07) is 13.1. The standard InChI is InChI=1S/C17H13FN4O3/c18-13-3-7-16(8-4-13)25-15-5-1-12(2-6-15)9-19-17-20-10-14(11-21-17)22(23)24/h1-8,10-11H,9H2,(H,19,20,21). The van der Waals surface area contributed by atoms with Crippen molar-refractivity contribution in [3.63, 3.8) is 0 Å². The lowest BCUT2D eigenvalue weighted by Crippen LogP contribution is -2.03. The molecule has 8 heteroatoms. The van der Waals surface area contributed by atoms with Crippen molar-refractivity contribution in [1.82, 2.24) is 9.97 Å². The Balaban J connectivity index is 1.57. The van der Waals surface area contributed by atoms with Gasteiger partial charge in [-0.25, -0.2) is 14.4 Å². The molecule has 0 saturated carbocycles. The van der Waals surface area contributed by atoms with Gasteiger partial charge < -0.3 is 10.1 Å². The van der Waals surface area contributed by atoms with Gasteiger partial charge in [-0.2, -0.15) is 0 Å². The van der Waals surface area contributed by atoms with Gasteiger partial charge in [-0.1, -0.05) is 12.1 Å². The van der Waals surface area contributed by atoms with E-state index >= 15 is 0 Å². The first kappa shape index (κ1) is 16.3. The molecule has 0 atom stereocenters. The van der Waals surface area contributed by atoms with E-state index in [2.05, 4.69) is 15.3 Å². The molecule has 0 saturated heterocycles. The maximum Gasteiger partial charge on any atom is 0.305 e. The minimum absolute atomic E-state index is 0.159. The Morgan fingerprint density at radius 2 is 1.56 bits per heavy atom. The molecule has 7 nitrogen and oxygen atoms in total. The fourth-order valence-corrected chi connectivity index (χ4v) is 2.00. The number of aromatic nitrogens is 2. The third kappa shape index (κ3) is 4.47. The van der Waals surface area contributed by atoms with Gasteiger partial charge in [-0.3, -0.25) is 10.1 Å². The van der Waals surface area contributed by atoms with Crippen LogP contribution in [0, 0.1) is 15.9 Å². The predicted molar refractivity (Wildman–Crippen MR) is 88.9 cm³/mol. The molecular formula is C17H13FN4O3. The lowest BCUT2D eigenvalue weighted by atomic mass is 10.2. The third-order valence-corrected chi connectivity index (χ3v) is 3.27. The summed E-state index contributed by atoms with van der Waals surface area (Å²) in [7, 11) is 0. The van der Waals surface area contributed by atoms with E-state index < -0.39 is 4.92 Å². The maximum absolute atomic E-state index is 12.9. The molecule has 3 rings (SSSR count). The Kier molecular flexibility index (Phi) is 4.79. The van der Waals surface area contributed by atoms with E-state index in [0.29, 0.717) is 24.0 Å². The summed E-state index contributed by atoms with van der Waals surface area (Å²) >= 11 is 0. The van der Waals surface area contributed by atoms with Crippen LogP contribution in [0.2, 0.25) is 0 Å². The molecule has 2 aromatic carbocycles. The highest BCUT2D eigenvalue weighted by Gasteiger charge is 2.06. The van der Waals surface area contributed by atoms with Gasteiger partial charge in [0.05, 0.1) is 4.92 Å². The highest BCUT2D eigenvalue weighted by atomic mass is 19.1. The van der Waals surface area contributed by atoms with Crippen LogP contribution in [0.5, 0.6) is 11.5 Å². The minimum atomic E-state index is -0.552. The topological polar surface area (TPSA) is 90.2 Å². The highest BCUT2D eigenvalue weighted by molar-refractivity contribution is 5.35.